The van der Waals surface area contributed by atoms with Crippen LogP contribution in [-0.4, -0.2) is 37.8 Å². The van der Waals surface area contributed by atoms with E-state index in [1.54, 1.807) is 0 Å². The van der Waals surface area contributed by atoms with Crippen molar-refractivity contribution in [3.8, 4) is 0 Å². The minimum absolute atomic E-state index is 0.533. The summed E-state index contributed by atoms with van der Waals surface area (Å²) in [6.07, 6.45) is 6.00. The van der Waals surface area contributed by atoms with Gasteiger partial charge in [0, 0.05) is 12.6 Å². The van der Waals surface area contributed by atoms with E-state index in [1.807, 2.05) is 12.1 Å². The topological polar surface area (TPSA) is 59.2 Å². The Morgan fingerprint density at radius 2 is 1.96 bits per heavy atom. The highest BCUT2D eigenvalue weighted by molar-refractivity contribution is 5.45. The van der Waals surface area contributed by atoms with Crippen molar-refractivity contribution in [2.75, 3.05) is 11.4 Å². The number of tetrazole rings is 1. The van der Waals surface area contributed by atoms with E-state index in [0.717, 1.165) is 25.2 Å². The fourth-order valence-corrected chi connectivity index (χ4v) is 3.37. The number of hydrogen-bond donors (Lipinski definition) is 0. The van der Waals surface area contributed by atoms with E-state index in [0.29, 0.717) is 11.7 Å². The molecule has 0 saturated carbocycles. The Kier molecular flexibility index (Phi) is 3.88. The van der Waals surface area contributed by atoms with Crippen molar-refractivity contribution in [2.24, 2.45) is 0 Å². The van der Waals surface area contributed by atoms with Gasteiger partial charge in [-0.1, -0.05) is 30.3 Å². The molecule has 23 heavy (non-hydrogen) atoms. The zero-order valence-electron chi connectivity index (χ0n) is 13.0. The first-order valence-corrected chi connectivity index (χ1v) is 8.26. The van der Waals surface area contributed by atoms with E-state index in [1.165, 1.54) is 29.5 Å². The van der Waals surface area contributed by atoms with E-state index in [2.05, 4.69) is 55.9 Å². The highest BCUT2D eigenvalue weighted by Crippen LogP contribution is 2.26. The summed E-state index contributed by atoms with van der Waals surface area (Å²) in [6, 6.07) is 15.2. The molecule has 6 heteroatoms. The maximum Gasteiger partial charge on any atom is 0.200 e. The minimum atomic E-state index is 0.533. The van der Waals surface area contributed by atoms with E-state index < -0.39 is 0 Å². The minimum Gasteiger partial charge on any atom is -0.352 e. The lowest BCUT2D eigenvalue weighted by Crippen LogP contribution is -2.40. The Bertz CT molecular complexity index is 769. The molecule has 1 aromatic carbocycles. The van der Waals surface area contributed by atoms with Gasteiger partial charge in [0.1, 0.15) is 0 Å². The zero-order valence-corrected chi connectivity index (χ0v) is 13.0. The SMILES string of the molecule is c1ccc(CCC2CCCCN2c2ccc3nnnn3n2)cc1. The molecule has 4 rings (SSSR count). The summed E-state index contributed by atoms with van der Waals surface area (Å²) in [6.45, 7) is 1.06. The summed E-state index contributed by atoms with van der Waals surface area (Å²) in [5.74, 6) is 0.975. The van der Waals surface area contributed by atoms with Crippen LogP contribution in [0.2, 0.25) is 0 Å². The van der Waals surface area contributed by atoms with Gasteiger partial charge in [0.15, 0.2) is 11.5 Å². The molecule has 118 valence electrons. The van der Waals surface area contributed by atoms with Crippen LogP contribution in [0, 0.1) is 0 Å². The lowest BCUT2D eigenvalue weighted by molar-refractivity contribution is 0.432. The molecule has 0 radical (unpaired) electrons. The van der Waals surface area contributed by atoms with Gasteiger partial charge >= 0.3 is 0 Å². The maximum absolute atomic E-state index is 4.57. The summed E-state index contributed by atoms with van der Waals surface area (Å²) in [5, 5.41) is 16.1. The van der Waals surface area contributed by atoms with E-state index in [9.17, 15) is 0 Å². The number of piperidine rings is 1. The lowest BCUT2D eigenvalue weighted by atomic mass is 9.96. The van der Waals surface area contributed by atoms with Crippen molar-refractivity contribution >= 4 is 11.5 Å². The van der Waals surface area contributed by atoms with Crippen molar-refractivity contribution in [3.63, 3.8) is 0 Å². The molecule has 1 unspecified atom stereocenters. The third-order valence-electron chi connectivity index (χ3n) is 4.59. The van der Waals surface area contributed by atoms with Crippen LogP contribution in [0.25, 0.3) is 5.65 Å². The molecule has 1 aliphatic heterocycles. The summed E-state index contributed by atoms with van der Waals surface area (Å²) in [7, 11) is 0. The van der Waals surface area contributed by atoms with Gasteiger partial charge in [-0.3, -0.25) is 0 Å². The van der Waals surface area contributed by atoms with Crippen LogP contribution < -0.4 is 4.90 Å². The monoisotopic (exact) mass is 308 g/mol. The van der Waals surface area contributed by atoms with Crippen LogP contribution in [0.3, 0.4) is 0 Å². The number of fused-ring (bicyclic) bond motifs is 1. The van der Waals surface area contributed by atoms with Crippen LogP contribution in [0.5, 0.6) is 0 Å². The van der Waals surface area contributed by atoms with E-state index in [4.69, 9.17) is 0 Å². The van der Waals surface area contributed by atoms with Crippen LogP contribution >= 0.6 is 0 Å². The molecule has 0 aliphatic carbocycles. The molecule has 6 nitrogen and oxygen atoms in total. The lowest BCUT2D eigenvalue weighted by Gasteiger charge is -2.36. The summed E-state index contributed by atoms with van der Waals surface area (Å²) in [5.41, 5.74) is 2.09. The van der Waals surface area contributed by atoms with Crippen molar-refractivity contribution < 1.29 is 0 Å². The normalized spacial score (nSPS) is 18.4. The molecule has 0 amide bonds. The Labute approximate surface area is 135 Å². The molecule has 2 aromatic heterocycles. The molecule has 0 N–H and O–H groups in total. The molecule has 1 fully saturated rings. The molecule has 1 saturated heterocycles. The van der Waals surface area contributed by atoms with E-state index in [-0.39, 0.29) is 0 Å². The van der Waals surface area contributed by atoms with Gasteiger partial charge in [0.05, 0.1) is 0 Å². The molecule has 0 spiro atoms. The third kappa shape index (κ3) is 3.02. The average molecular weight is 308 g/mol. The molecule has 1 aliphatic rings. The second kappa shape index (κ2) is 6.32. The molecule has 3 heterocycles. The Morgan fingerprint density at radius 3 is 2.87 bits per heavy atom. The van der Waals surface area contributed by atoms with Crippen LogP contribution in [0.1, 0.15) is 31.2 Å². The number of anilines is 1. The Balaban J connectivity index is 1.52. The first kappa shape index (κ1) is 14.1. The highest BCUT2D eigenvalue weighted by Gasteiger charge is 2.24. The highest BCUT2D eigenvalue weighted by atomic mass is 15.6. The van der Waals surface area contributed by atoms with Crippen molar-refractivity contribution in [3.05, 3.63) is 48.0 Å². The van der Waals surface area contributed by atoms with Crippen molar-refractivity contribution in [1.29, 1.82) is 0 Å². The molecule has 1 atom stereocenters. The van der Waals surface area contributed by atoms with Gasteiger partial charge in [-0.05, 0) is 60.2 Å². The predicted octanol–water partition coefficient (Wildman–Crippen LogP) is 2.51. The third-order valence-corrected chi connectivity index (χ3v) is 4.59. The zero-order chi connectivity index (χ0) is 15.5. The summed E-state index contributed by atoms with van der Waals surface area (Å²) < 4.78 is 1.51. The smallest absolute Gasteiger partial charge is 0.200 e. The largest absolute Gasteiger partial charge is 0.352 e. The quantitative estimate of drug-likeness (QED) is 0.741. The van der Waals surface area contributed by atoms with Crippen LogP contribution in [0.4, 0.5) is 5.82 Å². The van der Waals surface area contributed by atoms with Gasteiger partial charge in [0.2, 0.25) is 0 Å². The maximum atomic E-state index is 4.57. The van der Waals surface area contributed by atoms with Gasteiger partial charge in [-0.15, -0.1) is 14.8 Å². The molecular formula is C17H20N6. The predicted molar refractivity (Wildman–Crippen MR) is 88.3 cm³/mol. The van der Waals surface area contributed by atoms with Crippen molar-refractivity contribution in [2.45, 2.75) is 38.1 Å². The van der Waals surface area contributed by atoms with Gasteiger partial charge in [-0.2, -0.15) is 0 Å². The Morgan fingerprint density at radius 1 is 1.04 bits per heavy atom. The number of rotatable bonds is 4. The van der Waals surface area contributed by atoms with Gasteiger partial charge in [0.25, 0.3) is 0 Å². The second-order valence-corrected chi connectivity index (χ2v) is 6.09. The Hall–Kier alpha value is -2.50. The molecule has 3 aromatic rings. The summed E-state index contributed by atoms with van der Waals surface area (Å²) in [4.78, 5) is 2.42. The first-order valence-electron chi connectivity index (χ1n) is 8.26. The number of benzene rings is 1. The van der Waals surface area contributed by atoms with Crippen molar-refractivity contribution in [1.82, 2.24) is 25.3 Å². The first-order chi connectivity index (χ1) is 11.4. The fourth-order valence-electron chi connectivity index (χ4n) is 3.37. The number of aromatic nitrogens is 5. The van der Waals surface area contributed by atoms with E-state index >= 15 is 0 Å². The average Bonchev–Trinajstić information content (AvgIpc) is 3.09. The van der Waals surface area contributed by atoms with Crippen LogP contribution in [-0.2, 0) is 6.42 Å². The summed E-state index contributed by atoms with van der Waals surface area (Å²) >= 11 is 0. The molecular weight excluding hydrogens is 288 g/mol. The number of hydrogen-bond acceptors (Lipinski definition) is 5. The fraction of sp³-hybridized carbons (Fsp3) is 0.412. The van der Waals surface area contributed by atoms with Crippen LogP contribution in [0.15, 0.2) is 42.5 Å². The van der Waals surface area contributed by atoms with Gasteiger partial charge in [-0.25, -0.2) is 0 Å². The number of aryl methyl sites for hydroxylation is 1. The standard InChI is InChI=1S/C17H20N6/c1-2-6-14(7-3-1)9-10-15-8-4-5-13-22(15)17-12-11-16-18-20-21-23(16)19-17/h1-3,6-7,11-12,15H,4-5,8-10,13H2. The number of nitrogens with zero attached hydrogens (tertiary/aromatic N) is 6. The van der Waals surface area contributed by atoms with Gasteiger partial charge < -0.3 is 4.90 Å². The second-order valence-electron chi connectivity index (χ2n) is 6.09. The molecule has 0 bridgehead atoms.